The van der Waals surface area contributed by atoms with E-state index in [0.29, 0.717) is 35.8 Å². The van der Waals surface area contributed by atoms with Gasteiger partial charge in [0.1, 0.15) is 11.3 Å². The number of nitrogens with one attached hydrogen (secondary N) is 1. The minimum Gasteiger partial charge on any atom is -0.493 e. The second-order valence-corrected chi connectivity index (χ2v) is 7.45. The summed E-state index contributed by atoms with van der Waals surface area (Å²) in [6, 6.07) is 10.3. The normalized spacial score (nSPS) is 10.7. The van der Waals surface area contributed by atoms with Crippen LogP contribution in [0.5, 0.6) is 17.2 Å². The SMILES string of the molecule is COc1cc(Br)c(CCNC(=O)COc2ccc3c(C)cc(=O)oc3c2)cc1OC. The lowest BCUT2D eigenvalue weighted by atomic mass is 10.1. The first-order valence-corrected chi connectivity index (χ1v) is 10.0. The average Bonchev–Trinajstić information content (AvgIpc) is 2.72. The Hall–Kier alpha value is -3.00. The number of amides is 1. The van der Waals surface area contributed by atoms with E-state index in [-0.39, 0.29) is 12.5 Å². The van der Waals surface area contributed by atoms with Gasteiger partial charge in [-0.3, -0.25) is 4.79 Å². The molecule has 0 unspecified atom stereocenters. The van der Waals surface area contributed by atoms with E-state index < -0.39 is 5.63 Å². The molecule has 3 aromatic rings. The third-order valence-corrected chi connectivity index (χ3v) is 5.30. The van der Waals surface area contributed by atoms with Crippen LogP contribution in [-0.4, -0.2) is 33.3 Å². The summed E-state index contributed by atoms with van der Waals surface area (Å²) >= 11 is 3.51. The van der Waals surface area contributed by atoms with Crippen LogP contribution in [0.25, 0.3) is 11.0 Å². The summed E-state index contributed by atoms with van der Waals surface area (Å²) in [5.41, 5.74) is 1.81. The molecule has 30 heavy (non-hydrogen) atoms. The average molecular weight is 476 g/mol. The Morgan fingerprint density at radius 2 is 1.83 bits per heavy atom. The summed E-state index contributed by atoms with van der Waals surface area (Å²) < 4.78 is 22.2. The number of halogens is 1. The van der Waals surface area contributed by atoms with E-state index in [1.54, 1.807) is 32.4 Å². The standard InChI is InChI=1S/C22H22BrNO6/c1-13-8-22(26)30-18-10-15(4-5-16(13)18)29-12-21(25)24-7-6-14-9-19(27-2)20(28-3)11-17(14)23/h4-5,8-11H,6-7,12H2,1-3H3,(H,24,25). The maximum Gasteiger partial charge on any atom is 0.336 e. The quantitative estimate of drug-likeness (QED) is 0.500. The van der Waals surface area contributed by atoms with Crippen LogP contribution < -0.4 is 25.2 Å². The molecule has 0 spiro atoms. The number of hydrogen-bond donors (Lipinski definition) is 1. The molecule has 1 heterocycles. The fourth-order valence-corrected chi connectivity index (χ4v) is 3.54. The van der Waals surface area contributed by atoms with Crippen molar-refractivity contribution in [3.05, 3.63) is 62.4 Å². The fraction of sp³-hybridized carbons (Fsp3) is 0.273. The molecule has 1 aromatic heterocycles. The molecule has 7 nitrogen and oxygen atoms in total. The second kappa shape index (κ2) is 9.67. The zero-order valence-electron chi connectivity index (χ0n) is 16.9. The predicted molar refractivity (Wildman–Crippen MR) is 117 cm³/mol. The van der Waals surface area contributed by atoms with Gasteiger partial charge in [0.05, 0.1) is 14.2 Å². The zero-order chi connectivity index (χ0) is 21.7. The molecule has 0 aliphatic rings. The van der Waals surface area contributed by atoms with E-state index in [1.165, 1.54) is 6.07 Å². The highest BCUT2D eigenvalue weighted by Gasteiger charge is 2.11. The van der Waals surface area contributed by atoms with Gasteiger partial charge in [-0.2, -0.15) is 0 Å². The lowest BCUT2D eigenvalue weighted by Gasteiger charge is -2.12. The van der Waals surface area contributed by atoms with Crippen molar-refractivity contribution in [2.45, 2.75) is 13.3 Å². The van der Waals surface area contributed by atoms with Crippen LogP contribution in [0, 0.1) is 6.92 Å². The number of carbonyl (C=O) groups is 1. The van der Waals surface area contributed by atoms with Gasteiger partial charge in [-0.25, -0.2) is 4.79 Å². The van der Waals surface area contributed by atoms with Crippen LogP contribution >= 0.6 is 15.9 Å². The Labute approximate surface area is 182 Å². The molecule has 0 bridgehead atoms. The molecule has 0 atom stereocenters. The van der Waals surface area contributed by atoms with Gasteiger partial charge in [0.15, 0.2) is 18.1 Å². The number of aryl methyl sites for hydroxylation is 1. The van der Waals surface area contributed by atoms with Gasteiger partial charge in [-0.15, -0.1) is 0 Å². The summed E-state index contributed by atoms with van der Waals surface area (Å²) in [6.45, 7) is 2.13. The number of ether oxygens (including phenoxy) is 3. The minimum absolute atomic E-state index is 0.144. The van der Waals surface area contributed by atoms with Crippen LogP contribution in [0.2, 0.25) is 0 Å². The molecule has 8 heteroatoms. The van der Waals surface area contributed by atoms with E-state index in [9.17, 15) is 9.59 Å². The Balaban J connectivity index is 1.54. The highest BCUT2D eigenvalue weighted by molar-refractivity contribution is 9.10. The minimum atomic E-state index is -0.420. The number of fused-ring (bicyclic) bond motifs is 1. The topological polar surface area (TPSA) is 87.0 Å². The van der Waals surface area contributed by atoms with Gasteiger partial charge in [0, 0.05) is 28.5 Å². The van der Waals surface area contributed by atoms with Crippen molar-refractivity contribution in [1.82, 2.24) is 5.32 Å². The first kappa shape index (κ1) is 21.7. The van der Waals surface area contributed by atoms with Gasteiger partial charge < -0.3 is 23.9 Å². The molecule has 3 rings (SSSR count). The number of carbonyl (C=O) groups excluding carboxylic acids is 1. The monoisotopic (exact) mass is 475 g/mol. The van der Waals surface area contributed by atoms with E-state index in [2.05, 4.69) is 21.2 Å². The van der Waals surface area contributed by atoms with E-state index in [0.717, 1.165) is 21.0 Å². The third kappa shape index (κ3) is 5.13. The molecule has 0 saturated carbocycles. The van der Waals surface area contributed by atoms with E-state index >= 15 is 0 Å². The molecule has 2 aromatic carbocycles. The number of methoxy groups -OCH3 is 2. The molecule has 0 saturated heterocycles. The maximum atomic E-state index is 12.1. The molecule has 1 amide bonds. The number of hydrogen-bond acceptors (Lipinski definition) is 6. The molecule has 158 valence electrons. The predicted octanol–water partition coefficient (Wildman–Crippen LogP) is 3.62. The lowest BCUT2D eigenvalue weighted by Crippen LogP contribution is -2.30. The largest absolute Gasteiger partial charge is 0.493 e. The number of rotatable bonds is 8. The van der Waals surface area contributed by atoms with Gasteiger partial charge in [0.25, 0.3) is 5.91 Å². The Morgan fingerprint density at radius 1 is 1.10 bits per heavy atom. The van der Waals surface area contributed by atoms with Crippen molar-refractivity contribution >= 4 is 32.8 Å². The summed E-state index contributed by atoms with van der Waals surface area (Å²) in [5, 5.41) is 3.65. The van der Waals surface area contributed by atoms with Crippen molar-refractivity contribution in [2.24, 2.45) is 0 Å². The Morgan fingerprint density at radius 3 is 2.57 bits per heavy atom. The van der Waals surface area contributed by atoms with Crippen LogP contribution in [0.4, 0.5) is 0 Å². The summed E-state index contributed by atoms with van der Waals surface area (Å²) in [5.74, 6) is 1.46. The Kier molecular flexibility index (Phi) is 6.99. The van der Waals surface area contributed by atoms with Crippen molar-refractivity contribution in [1.29, 1.82) is 0 Å². The molecule has 0 aliphatic carbocycles. The van der Waals surface area contributed by atoms with Crippen LogP contribution in [0.15, 0.2) is 50.1 Å². The summed E-state index contributed by atoms with van der Waals surface area (Å²) in [7, 11) is 3.16. The molecular formula is C22H22BrNO6. The molecule has 0 fully saturated rings. The van der Waals surface area contributed by atoms with Gasteiger partial charge in [-0.05, 0) is 48.7 Å². The maximum absolute atomic E-state index is 12.1. The summed E-state index contributed by atoms with van der Waals surface area (Å²) in [4.78, 5) is 23.6. The van der Waals surface area contributed by atoms with Gasteiger partial charge in [-0.1, -0.05) is 15.9 Å². The fourth-order valence-electron chi connectivity index (χ4n) is 3.02. The first-order chi connectivity index (χ1) is 14.4. The number of benzene rings is 2. The third-order valence-electron chi connectivity index (χ3n) is 4.56. The van der Waals surface area contributed by atoms with E-state index in [4.69, 9.17) is 18.6 Å². The van der Waals surface area contributed by atoms with Crippen LogP contribution in [-0.2, 0) is 11.2 Å². The molecular weight excluding hydrogens is 454 g/mol. The van der Waals surface area contributed by atoms with Crippen LogP contribution in [0.1, 0.15) is 11.1 Å². The molecule has 0 radical (unpaired) electrons. The van der Waals surface area contributed by atoms with Crippen molar-refractivity contribution in [2.75, 3.05) is 27.4 Å². The van der Waals surface area contributed by atoms with E-state index in [1.807, 2.05) is 19.1 Å². The highest BCUT2D eigenvalue weighted by atomic mass is 79.9. The van der Waals surface area contributed by atoms with Crippen LogP contribution in [0.3, 0.4) is 0 Å². The van der Waals surface area contributed by atoms with Crippen molar-refractivity contribution < 1.29 is 23.4 Å². The zero-order valence-corrected chi connectivity index (χ0v) is 18.5. The van der Waals surface area contributed by atoms with Gasteiger partial charge in [0.2, 0.25) is 0 Å². The van der Waals surface area contributed by atoms with Crippen molar-refractivity contribution in [3.63, 3.8) is 0 Å². The summed E-state index contributed by atoms with van der Waals surface area (Å²) in [6.07, 6.45) is 0.604. The highest BCUT2D eigenvalue weighted by Crippen LogP contribution is 2.33. The van der Waals surface area contributed by atoms with Crippen molar-refractivity contribution in [3.8, 4) is 17.2 Å². The first-order valence-electron chi connectivity index (χ1n) is 9.25. The van der Waals surface area contributed by atoms with Gasteiger partial charge >= 0.3 is 5.63 Å². The smallest absolute Gasteiger partial charge is 0.336 e. The molecule has 1 N–H and O–H groups in total. The second-order valence-electron chi connectivity index (χ2n) is 6.59. The Bertz CT molecular complexity index is 1120. The lowest BCUT2D eigenvalue weighted by molar-refractivity contribution is -0.123. The molecule has 0 aliphatic heterocycles.